The van der Waals surface area contributed by atoms with Gasteiger partial charge in [0.15, 0.2) is 11.5 Å². The van der Waals surface area contributed by atoms with Crippen LogP contribution in [0.25, 0.3) is 0 Å². The minimum atomic E-state index is -0.543. The van der Waals surface area contributed by atoms with Gasteiger partial charge in [-0.3, -0.25) is 14.6 Å². The minimum Gasteiger partial charge on any atom is -0.486 e. The molecule has 1 aliphatic heterocycles. The predicted molar refractivity (Wildman–Crippen MR) is 93.6 cm³/mol. The van der Waals surface area contributed by atoms with Crippen molar-refractivity contribution in [3.63, 3.8) is 0 Å². The summed E-state index contributed by atoms with van der Waals surface area (Å²) >= 11 is 0. The van der Waals surface area contributed by atoms with Crippen molar-refractivity contribution < 1.29 is 9.47 Å². The average Bonchev–Trinajstić information content (AvgIpc) is 2.67. The largest absolute Gasteiger partial charge is 0.486 e. The number of nitrogens with one attached hydrogen (secondary N) is 2. The van der Waals surface area contributed by atoms with Crippen molar-refractivity contribution >= 4 is 17.1 Å². The Morgan fingerprint density at radius 3 is 2.56 bits per heavy atom. The van der Waals surface area contributed by atoms with Crippen LogP contribution in [0.5, 0.6) is 11.5 Å². The maximum absolute atomic E-state index is 11.9. The molecule has 25 heavy (non-hydrogen) atoms. The average molecular weight is 337 g/mol. The zero-order valence-corrected chi connectivity index (χ0v) is 13.2. The Balaban J connectivity index is 1.52. The molecule has 0 radical (unpaired) electrons. The third-order valence-corrected chi connectivity index (χ3v) is 3.89. The molecule has 126 valence electrons. The minimum absolute atomic E-state index is 0.248. The molecule has 0 bridgehead atoms. The van der Waals surface area contributed by atoms with Crippen LogP contribution in [0.15, 0.2) is 52.2 Å². The standard InChI is InChI=1S/C18H15N3O4/c22-17-15(20-10-12-3-1-2-6-19-12)16(18(17)23)21-11-4-5-13-14(9-11)25-8-7-24-13/h1-6,9,20-21H,7-8,10H2. The van der Waals surface area contributed by atoms with Crippen molar-refractivity contribution in [3.8, 4) is 11.5 Å². The molecular formula is C18H15N3O4. The van der Waals surface area contributed by atoms with Gasteiger partial charge in [-0.25, -0.2) is 0 Å². The number of pyridine rings is 1. The fraction of sp³-hybridized carbons (Fsp3) is 0.167. The maximum atomic E-state index is 11.9. The van der Waals surface area contributed by atoms with Crippen molar-refractivity contribution in [2.75, 3.05) is 23.8 Å². The van der Waals surface area contributed by atoms with Gasteiger partial charge >= 0.3 is 0 Å². The summed E-state index contributed by atoms with van der Waals surface area (Å²) in [6.45, 7) is 1.36. The van der Waals surface area contributed by atoms with Crippen LogP contribution in [-0.4, -0.2) is 18.2 Å². The van der Waals surface area contributed by atoms with Crippen LogP contribution in [0.4, 0.5) is 17.1 Å². The fourth-order valence-electron chi connectivity index (χ4n) is 2.63. The van der Waals surface area contributed by atoms with Crippen molar-refractivity contribution in [1.29, 1.82) is 0 Å². The van der Waals surface area contributed by atoms with Gasteiger partial charge in [-0.2, -0.15) is 0 Å². The molecule has 4 rings (SSSR count). The lowest BCUT2D eigenvalue weighted by Gasteiger charge is -2.20. The Hall–Kier alpha value is -3.35. The van der Waals surface area contributed by atoms with E-state index in [1.54, 1.807) is 24.4 Å². The van der Waals surface area contributed by atoms with E-state index in [9.17, 15) is 9.59 Å². The second-order valence-corrected chi connectivity index (χ2v) is 5.57. The molecule has 1 aliphatic rings. The molecule has 0 atom stereocenters. The quantitative estimate of drug-likeness (QED) is 0.686. The van der Waals surface area contributed by atoms with Crippen molar-refractivity contribution in [2.45, 2.75) is 6.54 Å². The van der Waals surface area contributed by atoms with Crippen LogP contribution in [0, 0.1) is 0 Å². The van der Waals surface area contributed by atoms with E-state index in [0.29, 0.717) is 36.9 Å². The van der Waals surface area contributed by atoms with Crippen molar-refractivity contribution in [3.05, 3.63) is 68.7 Å². The highest BCUT2D eigenvalue weighted by Gasteiger charge is 2.21. The van der Waals surface area contributed by atoms with E-state index in [2.05, 4.69) is 15.6 Å². The predicted octanol–water partition coefficient (Wildman–Crippen LogP) is 1.80. The van der Waals surface area contributed by atoms with Crippen LogP contribution < -0.4 is 31.0 Å². The van der Waals surface area contributed by atoms with Gasteiger partial charge in [0, 0.05) is 18.0 Å². The summed E-state index contributed by atoms with van der Waals surface area (Å²) in [6, 6.07) is 10.8. The fourth-order valence-corrected chi connectivity index (χ4v) is 2.63. The molecule has 2 heterocycles. The Morgan fingerprint density at radius 1 is 0.960 bits per heavy atom. The number of nitrogens with zero attached hydrogens (tertiary/aromatic N) is 1. The van der Waals surface area contributed by atoms with Gasteiger partial charge < -0.3 is 20.1 Å². The number of anilines is 3. The number of benzene rings is 1. The van der Waals surface area contributed by atoms with E-state index in [1.807, 2.05) is 18.2 Å². The van der Waals surface area contributed by atoms with Gasteiger partial charge in [0.05, 0.1) is 12.2 Å². The van der Waals surface area contributed by atoms with Gasteiger partial charge in [0.25, 0.3) is 10.9 Å². The van der Waals surface area contributed by atoms with Gasteiger partial charge in [-0.1, -0.05) is 6.07 Å². The van der Waals surface area contributed by atoms with Crippen LogP contribution >= 0.6 is 0 Å². The highest BCUT2D eigenvalue weighted by molar-refractivity contribution is 5.79. The van der Waals surface area contributed by atoms with E-state index in [4.69, 9.17) is 9.47 Å². The number of hydrogen-bond donors (Lipinski definition) is 2. The molecule has 0 saturated heterocycles. The normalized spacial score (nSPS) is 12.8. The maximum Gasteiger partial charge on any atom is 0.253 e. The van der Waals surface area contributed by atoms with Gasteiger partial charge in [-0.15, -0.1) is 0 Å². The van der Waals surface area contributed by atoms with Crippen molar-refractivity contribution in [2.24, 2.45) is 0 Å². The first-order valence-electron chi connectivity index (χ1n) is 7.86. The highest BCUT2D eigenvalue weighted by atomic mass is 16.6. The van der Waals surface area contributed by atoms with Crippen molar-refractivity contribution in [1.82, 2.24) is 4.98 Å². The lowest BCUT2D eigenvalue weighted by Crippen LogP contribution is -2.36. The third-order valence-electron chi connectivity index (χ3n) is 3.89. The number of hydrogen-bond acceptors (Lipinski definition) is 7. The zero-order chi connectivity index (χ0) is 17.2. The molecule has 3 aromatic rings. The molecule has 0 unspecified atom stereocenters. The topological polar surface area (TPSA) is 89.6 Å². The summed E-state index contributed by atoms with van der Waals surface area (Å²) in [4.78, 5) is 27.9. The third kappa shape index (κ3) is 2.91. The Kier molecular flexibility index (Phi) is 3.81. The SMILES string of the molecule is O=c1c(NCc2ccccn2)c(Nc2ccc3c(c2)OCCO3)c1=O. The van der Waals surface area contributed by atoms with Crippen LogP contribution in [0.3, 0.4) is 0 Å². The second-order valence-electron chi connectivity index (χ2n) is 5.57. The lowest BCUT2D eigenvalue weighted by atomic mass is 10.1. The zero-order valence-electron chi connectivity index (χ0n) is 13.2. The summed E-state index contributed by atoms with van der Waals surface area (Å²) in [5.41, 5.74) is 0.871. The molecule has 7 heteroatoms. The molecule has 2 N–H and O–H groups in total. The molecule has 0 amide bonds. The molecule has 0 fully saturated rings. The number of rotatable bonds is 5. The van der Waals surface area contributed by atoms with Gasteiger partial charge in [-0.05, 0) is 24.3 Å². The highest BCUT2D eigenvalue weighted by Crippen LogP contribution is 2.34. The lowest BCUT2D eigenvalue weighted by molar-refractivity contribution is 0.171. The van der Waals surface area contributed by atoms with Crippen LogP contribution in [0.2, 0.25) is 0 Å². The second kappa shape index (κ2) is 6.27. The first-order valence-corrected chi connectivity index (χ1v) is 7.86. The van der Waals surface area contributed by atoms with Gasteiger partial charge in [0.2, 0.25) is 0 Å². The van der Waals surface area contributed by atoms with E-state index < -0.39 is 10.9 Å². The number of ether oxygens (including phenoxy) is 2. The van der Waals surface area contributed by atoms with Gasteiger partial charge in [0.1, 0.15) is 24.6 Å². The summed E-state index contributed by atoms with van der Waals surface area (Å²) < 4.78 is 11.0. The molecule has 0 saturated carbocycles. The molecular weight excluding hydrogens is 322 g/mol. The van der Waals surface area contributed by atoms with E-state index in [1.165, 1.54) is 0 Å². The first kappa shape index (κ1) is 15.2. The molecule has 0 aliphatic carbocycles. The van der Waals surface area contributed by atoms with Crippen LogP contribution in [0.1, 0.15) is 5.69 Å². The Morgan fingerprint density at radius 2 is 1.76 bits per heavy atom. The summed E-state index contributed by atoms with van der Waals surface area (Å²) in [5, 5.41) is 5.96. The summed E-state index contributed by atoms with van der Waals surface area (Å²) in [5.74, 6) is 1.27. The Labute approximate surface area is 142 Å². The Bertz CT molecular complexity index is 978. The molecule has 2 aromatic carbocycles. The first-order chi connectivity index (χ1) is 12.2. The van der Waals surface area contributed by atoms with E-state index in [-0.39, 0.29) is 11.4 Å². The molecule has 1 aromatic heterocycles. The summed E-state index contributed by atoms with van der Waals surface area (Å²) in [7, 11) is 0. The van der Waals surface area contributed by atoms with E-state index >= 15 is 0 Å². The molecule has 7 nitrogen and oxygen atoms in total. The van der Waals surface area contributed by atoms with Crippen LogP contribution in [-0.2, 0) is 6.54 Å². The number of fused-ring (bicyclic) bond motifs is 1. The smallest absolute Gasteiger partial charge is 0.253 e. The molecule has 0 spiro atoms. The summed E-state index contributed by atoms with van der Waals surface area (Å²) in [6.07, 6.45) is 1.67. The van der Waals surface area contributed by atoms with E-state index in [0.717, 1.165) is 5.69 Å². The number of aromatic nitrogens is 1. The monoisotopic (exact) mass is 337 g/mol.